The van der Waals surface area contributed by atoms with Crippen LogP contribution in [0.4, 0.5) is 0 Å². The van der Waals surface area contributed by atoms with E-state index in [1.807, 2.05) is 0 Å². The summed E-state index contributed by atoms with van der Waals surface area (Å²) in [4.78, 5) is 0. The molecule has 0 fully saturated rings. The van der Waals surface area contributed by atoms with Crippen molar-refractivity contribution < 1.29 is 8.23 Å². The van der Waals surface area contributed by atoms with Crippen LogP contribution in [0.15, 0.2) is 0 Å². The summed E-state index contributed by atoms with van der Waals surface area (Å²) in [5.74, 6) is 0. The smallest absolute Gasteiger partial charge is 0.283 e. The van der Waals surface area contributed by atoms with Crippen LogP contribution >= 0.6 is 0 Å². The van der Waals surface area contributed by atoms with E-state index in [1.165, 1.54) is 44.6 Å². The van der Waals surface area contributed by atoms with Crippen molar-refractivity contribution in [3.63, 3.8) is 0 Å². The van der Waals surface area contributed by atoms with Crippen LogP contribution < -0.4 is 0 Å². The molecule has 0 spiro atoms. The maximum atomic E-state index is 5.90. The van der Waals surface area contributed by atoms with Crippen molar-refractivity contribution >= 4 is 28.8 Å². The van der Waals surface area contributed by atoms with Gasteiger partial charge in [0.05, 0.1) is 0 Å². The maximum absolute atomic E-state index is 5.90. The summed E-state index contributed by atoms with van der Waals surface area (Å²) in [6, 6.07) is 1.32. The highest BCUT2D eigenvalue weighted by Gasteiger charge is 2.20. The molecule has 0 unspecified atom stereocenters. The number of hydrogen-bond donors (Lipinski definition) is 0. The van der Waals surface area contributed by atoms with Crippen LogP contribution in [0.5, 0.6) is 0 Å². The second-order valence-electron chi connectivity index (χ2n) is 4.83. The van der Waals surface area contributed by atoms with E-state index in [0.717, 1.165) is 10.5 Å². The molecule has 92 valence electrons. The molecule has 15 heavy (non-hydrogen) atoms. The zero-order chi connectivity index (χ0) is 11.6. The Bertz CT molecular complexity index is 143. The van der Waals surface area contributed by atoms with Gasteiger partial charge in [-0.3, -0.25) is 0 Å². The van der Waals surface area contributed by atoms with Crippen molar-refractivity contribution in [1.82, 2.24) is 0 Å². The summed E-state index contributed by atoms with van der Waals surface area (Å²) in [5, 5.41) is 0. The fraction of sp³-hybridized carbons (Fsp3) is 1.00. The Labute approximate surface area is 102 Å². The molecule has 0 atom stereocenters. The number of rotatable bonds is 10. The van der Waals surface area contributed by atoms with E-state index in [-0.39, 0.29) is 0 Å². The quantitative estimate of drug-likeness (QED) is 0.443. The molecule has 0 N–H and O–H groups in total. The number of hydrogen-bond acceptors (Lipinski definition) is 2. The van der Waals surface area contributed by atoms with Crippen molar-refractivity contribution in [2.45, 2.75) is 64.6 Å². The summed E-state index contributed by atoms with van der Waals surface area (Å²) in [7, 11) is -1.09. The second kappa shape index (κ2) is 9.77. The molecular weight excluding hydrogens is 236 g/mol. The van der Waals surface area contributed by atoms with Crippen molar-refractivity contribution in [2.75, 3.05) is 0 Å². The second-order valence-corrected chi connectivity index (χ2v) is 12.5. The van der Waals surface area contributed by atoms with Crippen LogP contribution in [0.25, 0.3) is 0 Å². The minimum Gasteiger partial charge on any atom is -0.449 e. The third kappa shape index (κ3) is 10.8. The molecule has 0 aliphatic rings. The third-order valence-corrected chi connectivity index (χ3v) is 8.80. The molecule has 0 saturated carbocycles. The van der Waals surface area contributed by atoms with Crippen molar-refractivity contribution in [3.8, 4) is 0 Å². The highest BCUT2D eigenvalue weighted by Crippen LogP contribution is 2.16. The topological polar surface area (TPSA) is 18.5 Å². The van der Waals surface area contributed by atoms with Crippen LogP contribution in [0.1, 0.15) is 45.4 Å². The molecule has 0 aliphatic heterocycles. The van der Waals surface area contributed by atoms with E-state index >= 15 is 0 Å². The molecule has 2 nitrogen and oxygen atoms in total. The molecule has 0 rings (SSSR count). The lowest BCUT2D eigenvalue weighted by Crippen LogP contribution is -2.32. The van der Waals surface area contributed by atoms with Gasteiger partial charge >= 0.3 is 0 Å². The minimum absolute atomic E-state index is 0.607. The first-order valence-corrected chi connectivity index (χ1v) is 11.3. The molecular formula is C10H28O2Si3. The first-order chi connectivity index (χ1) is 7.12. The van der Waals surface area contributed by atoms with Crippen molar-refractivity contribution in [3.05, 3.63) is 0 Å². The Balaban J connectivity index is 3.32. The zero-order valence-corrected chi connectivity index (χ0v) is 15.4. The monoisotopic (exact) mass is 264 g/mol. The highest BCUT2D eigenvalue weighted by molar-refractivity contribution is 6.74. The fourth-order valence-corrected chi connectivity index (χ4v) is 6.11. The number of unbranched alkanes of at least 4 members (excludes halogenated alkanes) is 5. The Morgan fingerprint density at radius 3 is 2.27 bits per heavy atom. The molecule has 0 aliphatic carbocycles. The molecule has 0 amide bonds. The van der Waals surface area contributed by atoms with Gasteiger partial charge in [-0.15, -0.1) is 0 Å². The van der Waals surface area contributed by atoms with E-state index in [0.29, 0.717) is 0 Å². The Kier molecular flexibility index (Phi) is 10.1. The lowest BCUT2D eigenvalue weighted by molar-refractivity contribution is 0.472. The van der Waals surface area contributed by atoms with Crippen LogP contribution in [0.2, 0.25) is 19.1 Å². The van der Waals surface area contributed by atoms with E-state index in [2.05, 4.69) is 20.0 Å². The van der Waals surface area contributed by atoms with E-state index in [4.69, 9.17) is 8.23 Å². The van der Waals surface area contributed by atoms with Crippen molar-refractivity contribution in [1.29, 1.82) is 0 Å². The van der Waals surface area contributed by atoms with Gasteiger partial charge in [-0.05, 0) is 19.1 Å². The first-order valence-electron chi connectivity index (χ1n) is 6.25. The Morgan fingerprint density at radius 2 is 1.67 bits per heavy atom. The lowest BCUT2D eigenvalue weighted by atomic mass is 10.1. The van der Waals surface area contributed by atoms with Gasteiger partial charge in [0.2, 0.25) is 0 Å². The predicted octanol–water partition coefficient (Wildman–Crippen LogP) is 1.86. The van der Waals surface area contributed by atoms with E-state index in [1.54, 1.807) is 0 Å². The molecule has 5 heteroatoms. The van der Waals surface area contributed by atoms with Crippen LogP contribution in [-0.4, -0.2) is 28.8 Å². The fourth-order valence-electron chi connectivity index (χ4n) is 1.62. The normalized spacial score (nSPS) is 13.0. The van der Waals surface area contributed by atoms with Gasteiger partial charge in [-0.25, -0.2) is 0 Å². The molecule has 0 radical (unpaired) electrons. The van der Waals surface area contributed by atoms with Gasteiger partial charge in [0, 0.05) is 0 Å². The summed E-state index contributed by atoms with van der Waals surface area (Å²) < 4.78 is 11.1. The van der Waals surface area contributed by atoms with Crippen LogP contribution in [0.3, 0.4) is 0 Å². The Hall–Kier alpha value is 0.571. The van der Waals surface area contributed by atoms with Gasteiger partial charge in [-0.2, -0.15) is 0 Å². The Morgan fingerprint density at radius 1 is 1.07 bits per heavy atom. The highest BCUT2D eigenvalue weighted by atomic mass is 28.4. The first kappa shape index (κ1) is 15.6. The average Bonchev–Trinajstić information content (AvgIpc) is 2.20. The predicted molar refractivity (Wildman–Crippen MR) is 76.3 cm³/mol. The van der Waals surface area contributed by atoms with Crippen molar-refractivity contribution in [2.24, 2.45) is 0 Å². The molecule has 0 aromatic heterocycles. The van der Waals surface area contributed by atoms with Gasteiger partial charge in [-0.1, -0.05) is 45.4 Å². The van der Waals surface area contributed by atoms with E-state index < -0.39 is 18.3 Å². The zero-order valence-electron chi connectivity index (χ0n) is 11.0. The van der Waals surface area contributed by atoms with Gasteiger partial charge < -0.3 is 8.23 Å². The molecule has 0 heterocycles. The lowest BCUT2D eigenvalue weighted by Gasteiger charge is -2.22. The van der Waals surface area contributed by atoms with Gasteiger partial charge in [0.25, 0.3) is 10.0 Å². The largest absolute Gasteiger partial charge is 0.449 e. The summed E-state index contributed by atoms with van der Waals surface area (Å²) in [6.45, 7) is 6.92. The summed E-state index contributed by atoms with van der Waals surface area (Å²) in [6.07, 6.45) is 8.32. The standard InChI is InChI=1S/C10H28O2Si3/c1-4-5-6-7-8-9-10-15(2,3)12-14-11-13/h4-10,14H2,1-3,13H3. The summed E-state index contributed by atoms with van der Waals surface area (Å²) in [5.41, 5.74) is 0. The van der Waals surface area contributed by atoms with Crippen LogP contribution in [0, 0.1) is 0 Å². The van der Waals surface area contributed by atoms with Crippen LogP contribution in [-0.2, 0) is 8.23 Å². The molecule has 0 bridgehead atoms. The molecule has 0 aromatic carbocycles. The summed E-state index contributed by atoms with van der Waals surface area (Å²) >= 11 is 0. The SMILES string of the molecule is CCCCCCCC[Si](C)(C)O[SiH2]O[SiH3]. The molecule has 0 aromatic rings. The third-order valence-electron chi connectivity index (χ3n) is 2.70. The van der Waals surface area contributed by atoms with Gasteiger partial charge in [0.15, 0.2) is 8.32 Å². The maximum Gasteiger partial charge on any atom is 0.283 e. The molecule has 0 saturated heterocycles. The average molecular weight is 265 g/mol. The van der Waals surface area contributed by atoms with Gasteiger partial charge in [0.1, 0.15) is 10.5 Å². The van der Waals surface area contributed by atoms with E-state index in [9.17, 15) is 0 Å². The minimum atomic E-state index is -1.33.